The van der Waals surface area contributed by atoms with Gasteiger partial charge in [-0.15, -0.1) is 0 Å². The van der Waals surface area contributed by atoms with Crippen LogP contribution in [0, 0.1) is 10.1 Å². The topological polar surface area (TPSA) is 114 Å². The number of aryl methyl sites for hydroxylation is 1. The summed E-state index contributed by atoms with van der Waals surface area (Å²) < 4.78 is 27.6. The van der Waals surface area contributed by atoms with Crippen LogP contribution in [0.2, 0.25) is 5.02 Å². The number of hydrogen-bond donors (Lipinski definition) is 2. The fraction of sp³-hybridized carbons (Fsp3) is 0.0952. The van der Waals surface area contributed by atoms with Gasteiger partial charge in [0.05, 0.1) is 21.7 Å². The molecule has 0 aromatic heterocycles. The second-order valence-electron chi connectivity index (χ2n) is 6.52. The number of halogens is 1. The Morgan fingerprint density at radius 2 is 1.84 bits per heavy atom. The van der Waals surface area contributed by atoms with E-state index in [1.807, 2.05) is 24.3 Å². The summed E-state index contributed by atoms with van der Waals surface area (Å²) in [6.07, 6.45) is 2.44. The van der Waals surface area contributed by atoms with Gasteiger partial charge in [-0.05, 0) is 47.9 Å². The van der Waals surface area contributed by atoms with Gasteiger partial charge < -0.3 is 0 Å². The van der Waals surface area contributed by atoms with Crippen molar-refractivity contribution in [3.8, 4) is 0 Å². The predicted octanol–water partition coefficient (Wildman–Crippen LogP) is 5.06. The van der Waals surface area contributed by atoms with Crippen LogP contribution in [0.5, 0.6) is 0 Å². The minimum atomic E-state index is -4.05. The minimum absolute atomic E-state index is 0.0631. The SMILES string of the molecule is CCc1ccc(C=NNc2ccc(S(=O)(=O)Nc3cccc(Cl)c3)cc2[N+](=O)[O-])cc1. The molecule has 0 aliphatic heterocycles. The van der Waals surface area contributed by atoms with Gasteiger partial charge in [-0.25, -0.2) is 8.42 Å². The van der Waals surface area contributed by atoms with E-state index in [2.05, 4.69) is 22.2 Å². The summed E-state index contributed by atoms with van der Waals surface area (Å²) in [7, 11) is -4.05. The molecule has 0 heterocycles. The monoisotopic (exact) mass is 458 g/mol. The van der Waals surface area contributed by atoms with Gasteiger partial charge in [-0.1, -0.05) is 48.9 Å². The van der Waals surface area contributed by atoms with Crippen LogP contribution in [0.15, 0.2) is 76.7 Å². The molecule has 0 unspecified atom stereocenters. The normalized spacial score (nSPS) is 11.4. The summed E-state index contributed by atoms with van der Waals surface area (Å²) in [5.41, 5.74) is 4.49. The van der Waals surface area contributed by atoms with Gasteiger partial charge in [0.25, 0.3) is 15.7 Å². The van der Waals surface area contributed by atoms with Crippen molar-refractivity contribution in [2.45, 2.75) is 18.2 Å². The van der Waals surface area contributed by atoms with E-state index in [4.69, 9.17) is 11.6 Å². The molecular weight excluding hydrogens is 440 g/mol. The first kappa shape index (κ1) is 22.3. The van der Waals surface area contributed by atoms with E-state index in [0.717, 1.165) is 18.1 Å². The Labute approximate surface area is 184 Å². The highest BCUT2D eigenvalue weighted by atomic mass is 35.5. The summed E-state index contributed by atoms with van der Waals surface area (Å²) in [6.45, 7) is 2.05. The lowest BCUT2D eigenvalue weighted by Gasteiger charge is -2.09. The number of nitro groups is 1. The molecule has 3 aromatic carbocycles. The number of hydrogen-bond acceptors (Lipinski definition) is 6. The molecule has 0 fully saturated rings. The average Bonchev–Trinajstić information content (AvgIpc) is 2.74. The molecule has 0 saturated carbocycles. The number of rotatable bonds is 8. The lowest BCUT2D eigenvalue weighted by atomic mass is 10.1. The van der Waals surface area contributed by atoms with Crippen molar-refractivity contribution in [1.82, 2.24) is 0 Å². The molecular formula is C21H19ClN4O4S. The van der Waals surface area contributed by atoms with E-state index in [9.17, 15) is 18.5 Å². The molecule has 8 nitrogen and oxygen atoms in total. The van der Waals surface area contributed by atoms with E-state index >= 15 is 0 Å². The molecule has 0 atom stereocenters. The van der Waals surface area contributed by atoms with E-state index in [1.54, 1.807) is 12.1 Å². The van der Waals surface area contributed by atoms with Crippen molar-refractivity contribution in [3.05, 3.63) is 93.0 Å². The zero-order valence-corrected chi connectivity index (χ0v) is 18.0. The summed E-state index contributed by atoms with van der Waals surface area (Å²) in [6, 6.07) is 17.4. The van der Waals surface area contributed by atoms with Crippen molar-refractivity contribution in [1.29, 1.82) is 0 Å². The Hall–Kier alpha value is -3.43. The summed E-state index contributed by atoms with van der Waals surface area (Å²) in [4.78, 5) is 10.6. The Kier molecular flexibility index (Phi) is 6.88. The van der Waals surface area contributed by atoms with Crippen molar-refractivity contribution in [2.24, 2.45) is 5.10 Å². The van der Waals surface area contributed by atoms with Crippen molar-refractivity contribution >= 4 is 44.9 Å². The average molecular weight is 459 g/mol. The van der Waals surface area contributed by atoms with Crippen molar-refractivity contribution < 1.29 is 13.3 Å². The predicted molar refractivity (Wildman–Crippen MR) is 122 cm³/mol. The molecule has 3 aromatic rings. The summed E-state index contributed by atoms with van der Waals surface area (Å²) >= 11 is 5.87. The van der Waals surface area contributed by atoms with E-state index in [-0.39, 0.29) is 16.3 Å². The number of benzene rings is 3. The molecule has 2 N–H and O–H groups in total. The fourth-order valence-electron chi connectivity index (χ4n) is 2.71. The molecule has 0 amide bonds. The Bertz CT molecular complexity index is 1230. The number of hydrazone groups is 1. The highest BCUT2D eigenvalue weighted by Crippen LogP contribution is 2.29. The smallest absolute Gasteiger partial charge is 0.280 e. The van der Waals surface area contributed by atoms with Crippen LogP contribution >= 0.6 is 11.6 Å². The number of sulfonamides is 1. The van der Waals surface area contributed by atoms with Gasteiger partial charge in [0.15, 0.2) is 0 Å². The third-order valence-electron chi connectivity index (χ3n) is 4.34. The molecule has 0 aliphatic rings. The van der Waals surface area contributed by atoms with Crippen LogP contribution in [0.3, 0.4) is 0 Å². The fourth-order valence-corrected chi connectivity index (χ4v) is 3.97. The Morgan fingerprint density at radius 3 is 2.48 bits per heavy atom. The standard InChI is InChI=1S/C21H19ClN4O4S/c1-2-15-6-8-16(9-7-15)14-23-24-20-11-10-19(13-21(20)26(27)28)31(29,30)25-18-5-3-4-17(22)12-18/h3-14,24-25H,2H2,1H3. The molecule has 0 saturated heterocycles. The van der Waals surface area contributed by atoms with Gasteiger partial charge in [-0.3, -0.25) is 20.3 Å². The molecule has 0 aliphatic carbocycles. The molecule has 0 spiro atoms. The minimum Gasteiger partial charge on any atom is -0.280 e. The van der Waals surface area contributed by atoms with Gasteiger partial charge in [-0.2, -0.15) is 5.10 Å². The molecule has 10 heteroatoms. The van der Waals surface area contributed by atoms with Gasteiger partial charge in [0, 0.05) is 11.1 Å². The maximum atomic E-state index is 12.6. The summed E-state index contributed by atoms with van der Waals surface area (Å²) in [5.74, 6) is 0. The van der Waals surface area contributed by atoms with Crippen molar-refractivity contribution in [2.75, 3.05) is 10.1 Å². The van der Waals surface area contributed by atoms with Crippen LogP contribution in [0.25, 0.3) is 0 Å². The Balaban J connectivity index is 1.81. The highest BCUT2D eigenvalue weighted by molar-refractivity contribution is 7.92. The molecule has 31 heavy (non-hydrogen) atoms. The van der Waals surface area contributed by atoms with E-state index < -0.39 is 20.6 Å². The number of nitrogens with zero attached hydrogens (tertiary/aromatic N) is 2. The quantitative estimate of drug-likeness (QED) is 0.278. The molecule has 160 valence electrons. The van der Waals surface area contributed by atoms with Crippen LogP contribution in [-0.4, -0.2) is 19.6 Å². The van der Waals surface area contributed by atoms with Crippen molar-refractivity contribution in [3.63, 3.8) is 0 Å². The second-order valence-corrected chi connectivity index (χ2v) is 8.64. The zero-order chi connectivity index (χ0) is 22.4. The van der Waals surface area contributed by atoms with Crippen LogP contribution < -0.4 is 10.1 Å². The third-order valence-corrected chi connectivity index (χ3v) is 5.95. The summed E-state index contributed by atoms with van der Waals surface area (Å²) in [5, 5.41) is 15.9. The van der Waals surface area contributed by atoms with Crippen LogP contribution in [0.1, 0.15) is 18.1 Å². The first-order valence-electron chi connectivity index (χ1n) is 9.23. The van der Waals surface area contributed by atoms with Gasteiger partial charge >= 0.3 is 0 Å². The number of nitro benzene ring substituents is 1. The first-order valence-corrected chi connectivity index (χ1v) is 11.1. The third kappa shape index (κ3) is 5.80. The Morgan fingerprint density at radius 1 is 1.10 bits per heavy atom. The molecule has 0 radical (unpaired) electrons. The molecule has 0 bridgehead atoms. The van der Waals surface area contributed by atoms with Gasteiger partial charge in [0.2, 0.25) is 0 Å². The number of anilines is 2. The lowest BCUT2D eigenvalue weighted by molar-refractivity contribution is -0.384. The highest BCUT2D eigenvalue weighted by Gasteiger charge is 2.21. The first-order chi connectivity index (χ1) is 14.8. The van der Waals surface area contributed by atoms with E-state index in [1.165, 1.54) is 36.0 Å². The second kappa shape index (κ2) is 9.59. The van der Waals surface area contributed by atoms with E-state index in [0.29, 0.717) is 5.02 Å². The number of nitrogens with one attached hydrogen (secondary N) is 2. The molecule has 3 rings (SSSR count). The maximum absolute atomic E-state index is 12.6. The van der Waals surface area contributed by atoms with Crippen LogP contribution in [0.4, 0.5) is 17.1 Å². The van der Waals surface area contributed by atoms with Crippen LogP contribution in [-0.2, 0) is 16.4 Å². The maximum Gasteiger partial charge on any atom is 0.295 e. The largest absolute Gasteiger partial charge is 0.295 e. The zero-order valence-electron chi connectivity index (χ0n) is 16.4. The van der Waals surface area contributed by atoms with Gasteiger partial charge in [0.1, 0.15) is 5.69 Å². The lowest BCUT2D eigenvalue weighted by Crippen LogP contribution is -2.13.